The number of hydrogen-bond donors (Lipinski definition) is 4. The number of rotatable bonds is 14. The Bertz CT molecular complexity index is 1360. The fourth-order valence-electron chi connectivity index (χ4n) is 5.47. The molecule has 0 aliphatic heterocycles. The van der Waals surface area contributed by atoms with Crippen molar-refractivity contribution in [2.24, 2.45) is 5.41 Å². The summed E-state index contributed by atoms with van der Waals surface area (Å²) in [6.45, 7) is 0.525. The topological polar surface area (TPSA) is 142 Å². The van der Waals surface area contributed by atoms with Crippen molar-refractivity contribution in [3.05, 3.63) is 90.0 Å². The first-order valence-corrected chi connectivity index (χ1v) is 16.2. The Hall–Kier alpha value is -3.02. The first-order chi connectivity index (χ1) is 20.2. The number of halogens is 1. The van der Waals surface area contributed by atoms with Crippen LogP contribution in [0.5, 0.6) is 0 Å². The maximum absolute atomic E-state index is 13.9. The molecule has 0 bridgehead atoms. The highest BCUT2D eigenvalue weighted by Crippen LogP contribution is 2.40. The minimum absolute atomic E-state index is 0. The summed E-state index contributed by atoms with van der Waals surface area (Å²) in [4.78, 5) is 25.0. The van der Waals surface area contributed by atoms with Crippen LogP contribution in [-0.2, 0) is 24.3 Å². The van der Waals surface area contributed by atoms with Crippen LogP contribution in [0.15, 0.2) is 78.9 Å². The molecule has 3 atom stereocenters. The fourth-order valence-corrected chi connectivity index (χ4v) is 6.49. The molecule has 43 heavy (non-hydrogen) atoms. The second-order valence-electron chi connectivity index (χ2n) is 11.0. The second-order valence-corrected chi connectivity index (χ2v) is 12.8. The highest BCUT2D eigenvalue weighted by atomic mass is 35.5. The van der Waals surface area contributed by atoms with E-state index in [9.17, 15) is 23.1 Å². The zero-order valence-electron chi connectivity index (χ0n) is 24.1. The lowest BCUT2D eigenvalue weighted by Crippen LogP contribution is -2.53. The van der Waals surface area contributed by atoms with E-state index in [0.29, 0.717) is 0 Å². The Morgan fingerprint density at radius 1 is 1.00 bits per heavy atom. The first kappa shape index (κ1) is 34.5. The van der Waals surface area contributed by atoms with Gasteiger partial charge in [0, 0.05) is 6.54 Å². The summed E-state index contributed by atoms with van der Waals surface area (Å²) in [6, 6.07) is 18.9. The molecular formula is C32H41ClN2O7S. The number of aliphatic hydroxyl groups is 1. The standard InChI is InChI=1S/C32H40N2O7S.ClH/c35-28(25-12-6-2-7-13-25)23-33-20-19-32(31(38)34-42(39,40)21-17-30(36)37)18-16-26(24-10-4-1-5-11-24)22-29(32)41-27-14-8-3-9-15-27;/h1-2,4-7,10-13,16,18,22,27-29,33,35H,3,8-9,14-15,17,19-21,23H2,(H,34,38)(H,36,37);1H/t28-,29?,32?;/m0./s1. The number of carboxylic acids is 1. The van der Waals surface area contributed by atoms with E-state index in [1.54, 1.807) is 6.08 Å². The van der Waals surface area contributed by atoms with E-state index in [1.165, 1.54) is 0 Å². The molecule has 2 aliphatic rings. The quantitative estimate of drug-likeness (QED) is 0.225. The summed E-state index contributed by atoms with van der Waals surface area (Å²) in [7, 11) is -4.22. The van der Waals surface area contributed by atoms with Crippen molar-refractivity contribution in [3.8, 4) is 0 Å². The van der Waals surface area contributed by atoms with Gasteiger partial charge in [-0.05, 0) is 48.6 Å². The molecule has 1 saturated carbocycles. The average molecular weight is 633 g/mol. The summed E-state index contributed by atoms with van der Waals surface area (Å²) >= 11 is 0. The summed E-state index contributed by atoms with van der Waals surface area (Å²) in [5, 5.41) is 22.8. The minimum Gasteiger partial charge on any atom is -0.481 e. The number of hydrogen-bond acceptors (Lipinski definition) is 7. The van der Waals surface area contributed by atoms with Crippen LogP contribution < -0.4 is 10.0 Å². The summed E-state index contributed by atoms with van der Waals surface area (Å²) in [5.74, 6) is -2.75. The number of nitrogens with one attached hydrogen (secondary N) is 2. The third-order valence-electron chi connectivity index (χ3n) is 7.89. The fraction of sp³-hybridized carbons (Fsp3) is 0.438. The van der Waals surface area contributed by atoms with E-state index in [-0.39, 0.29) is 38.0 Å². The number of carboxylic acid groups (broad SMARTS) is 1. The molecule has 2 aliphatic carbocycles. The molecule has 1 fully saturated rings. The van der Waals surface area contributed by atoms with E-state index >= 15 is 0 Å². The molecule has 4 N–H and O–H groups in total. The zero-order chi connectivity index (χ0) is 30.0. The third kappa shape index (κ3) is 9.74. The van der Waals surface area contributed by atoms with Gasteiger partial charge in [0.25, 0.3) is 0 Å². The Balaban J connectivity index is 0.00000506. The lowest BCUT2D eigenvalue weighted by atomic mass is 9.73. The van der Waals surface area contributed by atoms with Gasteiger partial charge in [0.1, 0.15) is 0 Å². The van der Waals surface area contributed by atoms with Crippen molar-refractivity contribution < 1.29 is 33.0 Å². The SMILES string of the molecule is Cl.O=C(O)CCS(=O)(=O)NC(=O)C1(CCNC[C@H](O)c2ccccc2)C=CC(c2ccccc2)=CC1OC1CCCCC1. The Kier molecular flexibility index (Phi) is 13.0. The van der Waals surface area contributed by atoms with Crippen LogP contribution in [0.4, 0.5) is 0 Å². The van der Waals surface area contributed by atoms with Crippen LogP contribution in [0, 0.1) is 5.41 Å². The normalized spacial score (nSPS) is 21.3. The van der Waals surface area contributed by atoms with Crippen LogP contribution in [0.1, 0.15) is 62.2 Å². The van der Waals surface area contributed by atoms with Crippen molar-refractivity contribution in [2.75, 3.05) is 18.8 Å². The lowest BCUT2D eigenvalue weighted by molar-refractivity contribution is -0.138. The monoisotopic (exact) mass is 632 g/mol. The zero-order valence-corrected chi connectivity index (χ0v) is 25.7. The third-order valence-corrected chi connectivity index (χ3v) is 9.13. The van der Waals surface area contributed by atoms with Crippen LogP contribution in [0.2, 0.25) is 0 Å². The van der Waals surface area contributed by atoms with Gasteiger partial charge in [0.2, 0.25) is 15.9 Å². The second kappa shape index (κ2) is 16.2. The molecule has 0 aromatic heterocycles. The summed E-state index contributed by atoms with van der Waals surface area (Å²) in [6.07, 6.45) is 8.26. The first-order valence-electron chi connectivity index (χ1n) is 14.5. The molecule has 234 valence electrons. The predicted octanol–water partition coefficient (Wildman–Crippen LogP) is 4.40. The molecule has 0 spiro atoms. The van der Waals surface area contributed by atoms with Gasteiger partial charge >= 0.3 is 5.97 Å². The average Bonchev–Trinajstić information content (AvgIpc) is 3.00. The number of aliphatic hydroxyl groups excluding tert-OH is 1. The van der Waals surface area contributed by atoms with Gasteiger partial charge in [-0.25, -0.2) is 8.42 Å². The van der Waals surface area contributed by atoms with E-state index in [1.807, 2.05) is 72.8 Å². The van der Waals surface area contributed by atoms with Crippen LogP contribution >= 0.6 is 12.4 Å². The van der Waals surface area contributed by atoms with Crippen molar-refractivity contribution in [1.29, 1.82) is 0 Å². The predicted molar refractivity (Wildman–Crippen MR) is 168 cm³/mol. The van der Waals surface area contributed by atoms with E-state index in [0.717, 1.165) is 48.8 Å². The van der Waals surface area contributed by atoms with Gasteiger partial charge in [-0.15, -0.1) is 12.4 Å². The van der Waals surface area contributed by atoms with Crippen LogP contribution in [-0.4, -0.2) is 61.6 Å². The molecule has 2 aromatic rings. The van der Waals surface area contributed by atoms with Gasteiger partial charge in [0.15, 0.2) is 0 Å². The van der Waals surface area contributed by atoms with Gasteiger partial charge in [0.05, 0.1) is 35.9 Å². The molecule has 0 saturated heterocycles. The number of amides is 1. The number of sulfonamides is 1. The highest BCUT2D eigenvalue weighted by Gasteiger charge is 2.47. The van der Waals surface area contributed by atoms with Crippen molar-refractivity contribution in [1.82, 2.24) is 10.0 Å². The molecule has 2 unspecified atom stereocenters. The maximum Gasteiger partial charge on any atom is 0.304 e. The lowest BCUT2D eigenvalue weighted by Gasteiger charge is -2.40. The van der Waals surface area contributed by atoms with E-state index < -0.39 is 51.7 Å². The number of aliphatic carboxylic acids is 1. The molecule has 9 nitrogen and oxygen atoms in total. The number of carbonyl (C=O) groups excluding carboxylic acids is 1. The molecule has 0 radical (unpaired) electrons. The van der Waals surface area contributed by atoms with Crippen LogP contribution in [0.25, 0.3) is 5.57 Å². The molecule has 1 amide bonds. The Labute approximate surface area is 259 Å². The number of benzene rings is 2. The maximum atomic E-state index is 13.9. The molecule has 11 heteroatoms. The van der Waals surface area contributed by atoms with Gasteiger partial charge in [-0.1, -0.05) is 92.1 Å². The molecular weight excluding hydrogens is 592 g/mol. The van der Waals surface area contributed by atoms with Gasteiger partial charge in [-0.3, -0.25) is 14.3 Å². The Morgan fingerprint density at radius 3 is 2.30 bits per heavy atom. The summed E-state index contributed by atoms with van der Waals surface area (Å²) in [5.41, 5.74) is 1.17. The number of ether oxygens (including phenoxy) is 1. The summed E-state index contributed by atoms with van der Waals surface area (Å²) < 4.78 is 34.3. The number of allylic oxidation sites excluding steroid dienone is 2. The highest BCUT2D eigenvalue weighted by molar-refractivity contribution is 7.90. The minimum atomic E-state index is -4.22. The largest absolute Gasteiger partial charge is 0.481 e. The van der Waals surface area contributed by atoms with Crippen molar-refractivity contribution in [2.45, 2.75) is 63.3 Å². The van der Waals surface area contributed by atoms with Crippen molar-refractivity contribution in [3.63, 3.8) is 0 Å². The molecule has 4 rings (SSSR count). The smallest absolute Gasteiger partial charge is 0.304 e. The van der Waals surface area contributed by atoms with E-state index in [2.05, 4.69) is 10.0 Å². The van der Waals surface area contributed by atoms with Crippen molar-refractivity contribution >= 4 is 39.9 Å². The Morgan fingerprint density at radius 2 is 1.65 bits per heavy atom. The van der Waals surface area contributed by atoms with Gasteiger partial charge < -0.3 is 20.3 Å². The van der Waals surface area contributed by atoms with E-state index in [4.69, 9.17) is 9.84 Å². The van der Waals surface area contributed by atoms with Crippen LogP contribution in [0.3, 0.4) is 0 Å². The molecule has 2 aromatic carbocycles. The number of carbonyl (C=O) groups is 2. The molecule has 0 heterocycles. The van der Waals surface area contributed by atoms with Gasteiger partial charge in [-0.2, -0.15) is 0 Å².